The zero-order valence-corrected chi connectivity index (χ0v) is 12.4. The number of hydrogen-bond acceptors (Lipinski definition) is 1. The third-order valence-corrected chi connectivity index (χ3v) is 3.75. The molecule has 0 saturated heterocycles. The Labute approximate surface area is 107 Å². The Bertz CT molecular complexity index is 429. The highest BCUT2D eigenvalue weighted by Gasteiger charge is 2.14. The minimum Gasteiger partial charge on any atom is -0.192 e. The molecule has 0 radical (unpaired) electrons. The van der Waals surface area contributed by atoms with E-state index in [1.807, 2.05) is 6.07 Å². The molecule has 0 fully saturated rings. The lowest BCUT2D eigenvalue weighted by atomic mass is 9.89. The molecule has 2 atom stereocenters. The summed E-state index contributed by atoms with van der Waals surface area (Å²) in [6.07, 6.45) is 2.30. The van der Waals surface area contributed by atoms with Crippen LogP contribution in [-0.4, -0.2) is 0 Å². The van der Waals surface area contributed by atoms with Crippen molar-refractivity contribution in [3.63, 3.8) is 0 Å². The van der Waals surface area contributed by atoms with Crippen molar-refractivity contribution in [3.8, 4) is 6.07 Å². The quantitative estimate of drug-likeness (QED) is 0.735. The van der Waals surface area contributed by atoms with E-state index in [0.29, 0.717) is 11.8 Å². The highest BCUT2D eigenvalue weighted by molar-refractivity contribution is 7.27. The number of nitrogens with zero attached hydrogens (tertiary/aromatic N) is 1. The molecule has 0 N–H and O–H groups in total. The highest BCUT2D eigenvalue weighted by atomic mass is 31.0. The summed E-state index contributed by atoms with van der Waals surface area (Å²) < 4.78 is 0. The Hall–Kier alpha value is -0.860. The molecule has 1 aromatic rings. The molecule has 0 spiro atoms. The molecule has 17 heavy (non-hydrogen) atoms. The summed E-state index contributed by atoms with van der Waals surface area (Å²) in [6.45, 7) is 8.80. The molecule has 0 heterocycles. The number of rotatable bonds is 4. The van der Waals surface area contributed by atoms with Crippen LogP contribution in [0.3, 0.4) is 0 Å². The van der Waals surface area contributed by atoms with Gasteiger partial charge in [-0.2, -0.15) is 5.26 Å². The summed E-state index contributed by atoms with van der Waals surface area (Å²) in [5.41, 5.74) is 3.39. The first kappa shape index (κ1) is 14.2. The fourth-order valence-electron chi connectivity index (χ4n) is 2.24. The van der Waals surface area contributed by atoms with Crippen molar-refractivity contribution >= 4 is 14.5 Å². The van der Waals surface area contributed by atoms with Crippen LogP contribution in [-0.2, 0) is 0 Å². The smallest absolute Gasteiger partial charge is 0.0994 e. The van der Waals surface area contributed by atoms with Crippen LogP contribution in [0.25, 0.3) is 0 Å². The molecular weight excluding hydrogens is 225 g/mol. The van der Waals surface area contributed by atoms with Gasteiger partial charge in [0.2, 0.25) is 0 Å². The number of hydrogen-bond donors (Lipinski definition) is 0. The molecule has 0 aliphatic rings. The van der Waals surface area contributed by atoms with E-state index in [4.69, 9.17) is 0 Å². The molecule has 92 valence electrons. The van der Waals surface area contributed by atoms with E-state index in [2.05, 4.69) is 49.1 Å². The standard InChI is InChI=1S/C15H22NP/c1-5-6-11(4)14-8-13(10(2)3)15(17)7-12(14)9-16/h7-8,10-11H,5-6,17H2,1-4H3. The normalized spacial score (nSPS) is 12.5. The van der Waals surface area contributed by atoms with Crippen molar-refractivity contribution in [1.82, 2.24) is 0 Å². The van der Waals surface area contributed by atoms with Crippen molar-refractivity contribution in [2.75, 3.05) is 0 Å². The maximum Gasteiger partial charge on any atom is 0.0994 e. The number of benzene rings is 1. The van der Waals surface area contributed by atoms with Crippen LogP contribution >= 0.6 is 9.24 Å². The fraction of sp³-hybridized carbons (Fsp3) is 0.533. The molecule has 2 unspecified atom stereocenters. The summed E-state index contributed by atoms with van der Waals surface area (Å²) in [4.78, 5) is 0. The van der Waals surface area contributed by atoms with Gasteiger partial charge in [-0.3, -0.25) is 0 Å². The largest absolute Gasteiger partial charge is 0.192 e. The van der Waals surface area contributed by atoms with Gasteiger partial charge in [-0.15, -0.1) is 9.24 Å². The Kier molecular flexibility index (Phi) is 5.16. The van der Waals surface area contributed by atoms with Crippen LogP contribution in [0.1, 0.15) is 69.1 Å². The molecule has 1 nitrogen and oxygen atoms in total. The van der Waals surface area contributed by atoms with Gasteiger partial charge in [0.15, 0.2) is 0 Å². The molecule has 1 rings (SSSR count). The van der Waals surface area contributed by atoms with Crippen LogP contribution in [0, 0.1) is 11.3 Å². The second-order valence-electron chi connectivity index (χ2n) is 5.02. The summed E-state index contributed by atoms with van der Waals surface area (Å²) in [7, 11) is 2.75. The Balaban J connectivity index is 3.27. The second-order valence-corrected chi connectivity index (χ2v) is 5.65. The fourth-order valence-corrected chi connectivity index (χ4v) is 2.83. The van der Waals surface area contributed by atoms with Crippen molar-refractivity contribution in [2.45, 2.75) is 52.4 Å². The average molecular weight is 247 g/mol. The molecule has 0 bridgehead atoms. The van der Waals surface area contributed by atoms with Gasteiger partial charge in [0.25, 0.3) is 0 Å². The molecule has 0 aliphatic carbocycles. The molecule has 1 aromatic carbocycles. The lowest BCUT2D eigenvalue weighted by molar-refractivity contribution is 0.662. The van der Waals surface area contributed by atoms with Crippen LogP contribution < -0.4 is 5.30 Å². The molecule has 2 heteroatoms. The van der Waals surface area contributed by atoms with Crippen LogP contribution in [0.2, 0.25) is 0 Å². The third-order valence-electron chi connectivity index (χ3n) is 3.25. The molecule has 0 amide bonds. The van der Waals surface area contributed by atoms with Gasteiger partial charge in [-0.05, 0) is 40.8 Å². The van der Waals surface area contributed by atoms with E-state index in [-0.39, 0.29) is 0 Å². The van der Waals surface area contributed by atoms with E-state index in [9.17, 15) is 5.26 Å². The average Bonchev–Trinajstić information content (AvgIpc) is 2.28. The third kappa shape index (κ3) is 3.30. The lowest BCUT2D eigenvalue weighted by Crippen LogP contribution is -2.09. The van der Waals surface area contributed by atoms with Crippen LogP contribution in [0.4, 0.5) is 0 Å². The van der Waals surface area contributed by atoms with Crippen molar-refractivity contribution in [1.29, 1.82) is 5.26 Å². The van der Waals surface area contributed by atoms with Gasteiger partial charge in [0.1, 0.15) is 0 Å². The Morgan fingerprint density at radius 2 is 1.88 bits per heavy atom. The summed E-state index contributed by atoms with van der Waals surface area (Å²) in [6, 6.07) is 6.57. The van der Waals surface area contributed by atoms with Crippen molar-refractivity contribution in [3.05, 3.63) is 28.8 Å². The van der Waals surface area contributed by atoms with Gasteiger partial charge in [-0.1, -0.05) is 40.2 Å². The summed E-state index contributed by atoms with van der Waals surface area (Å²) in [5.74, 6) is 0.973. The first-order valence-corrected chi connectivity index (χ1v) is 6.92. The van der Waals surface area contributed by atoms with E-state index >= 15 is 0 Å². The highest BCUT2D eigenvalue weighted by Crippen LogP contribution is 2.27. The molecular formula is C15H22NP. The molecule has 0 saturated carbocycles. The van der Waals surface area contributed by atoms with Gasteiger partial charge in [-0.25, -0.2) is 0 Å². The summed E-state index contributed by atoms with van der Waals surface area (Å²) >= 11 is 0. The first-order valence-electron chi connectivity index (χ1n) is 6.34. The van der Waals surface area contributed by atoms with Gasteiger partial charge < -0.3 is 0 Å². The first-order chi connectivity index (χ1) is 8.01. The predicted octanol–water partition coefficient (Wildman–Crippen LogP) is 4.09. The minimum atomic E-state index is 0.470. The zero-order valence-electron chi connectivity index (χ0n) is 11.2. The van der Waals surface area contributed by atoms with Crippen molar-refractivity contribution < 1.29 is 0 Å². The zero-order chi connectivity index (χ0) is 13.0. The molecule has 0 aromatic heterocycles. The van der Waals surface area contributed by atoms with Crippen molar-refractivity contribution in [2.24, 2.45) is 0 Å². The second kappa shape index (κ2) is 6.18. The topological polar surface area (TPSA) is 23.8 Å². The number of nitriles is 1. The SMILES string of the molecule is CCCC(C)c1cc(C(C)C)c(P)cc1C#N. The minimum absolute atomic E-state index is 0.470. The lowest BCUT2D eigenvalue weighted by Gasteiger charge is -2.17. The van der Waals surface area contributed by atoms with E-state index in [1.165, 1.54) is 11.1 Å². The van der Waals surface area contributed by atoms with E-state index in [1.54, 1.807) is 0 Å². The molecule has 0 aliphatic heterocycles. The van der Waals surface area contributed by atoms with E-state index in [0.717, 1.165) is 23.7 Å². The Morgan fingerprint density at radius 3 is 2.35 bits per heavy atom. The van der Waals surface area contributed by atoms with Crippen LogP contribution in [0.15, 0.2) is 12.1 Å². The van der Waals surface area contributed by atoms with Gasteiger partial charge >= 0.3 is 0 Å². The monoisotopic (exact) mass is 247 g/mol. The maximum atomic E-state index is 9.23. The summed E-state index contributed by atoms with van der Waals surface area (Å²) in [5, 5.41) is 10.4. The Morgan fingerprint density at radius 1 is 1.24 bits per heavy atom. The predicted molar refractivity (Wildman–Crippen MR) is 77.9 cm³/mol. The maximum absolute atomic E-state index is 9.23. The van der Waals surface area contributed by atoms with Gasteiger partial charge in [0.05, 0.1) is 11.6 Å². The van der Waals surface area contributed by atoms with E-state index < -0.39 is 0 Å². The van der Waals surface area contributed by atoms with Gasteiger partial charge in [0, 0.05) is 0 Å². The van der Waals surface area contributed by atoms with Crippen LogP contribution in [0.5, 0.6) is 0 Å².